The lowest BCUT2D eigenvalue weighted by Crippen LogP contribution is -2.39. The molecule has 232 valence electrons. The van der Waals surface area contributed by atoms with Crippen molar-refractivity contribution in [2.24, 2.45) is 0 Å². The number of carbonyl (C=O) groups excluding carboxylic acids is 1. The topological polar surface area (TPSA) is 119 Å². The zero-order chi connectivity index (χ0) is 30.4. The molecule has 6 rings (SSSR count). The Balaban J connectivity index is 0.000000206. The molecule has 2 aromatic heterocycles. The molecule has 0 saturated heterocycles. The van der Waals surface area contributed by atoms with Crippen molar-refractivity contribution in [2.75, 3.05) is 26.2 Å². The molecule has 0 bridgehead atoms. The first kappa shape index (κ1) is 32.6. The van der Waals surface area contributed by atoms with E-state index < -0.39 is 5.60 Å². The van der Waals surface area contributed by atoms with Gasteiger partial charge in [0.15, 0.2) is 11.6 Å². The zero-order valence-corrected chi connectivity index (χ0v) is 26.6. The summed E-state index contributed by atoms with van der Waals surface area (Å²) in [6.45, 7) is 12.5. The minimum absolute atomic E-state index is 0. The predicted molar refractivity (Wildman–Crippen MR) is 172 cm³/mol. The van der Waals surface area contributed by atoms with Gasteiger partial charge in [0.1, 0.15) is 5.60 Å². The summed E-state index contributed by atoms with van der Waals surface area (Å²) in [5.74, 6) is 2.39. The molecule has 2 aromatic carbocycles. The third-order valence-electron chi connectivity index (χ3n) is 6.99. The lowest BCUT2D eigenvalue weighted by Gasteiger charge is -2.29. The first-order valence-corrected chi connectivity index (χ1v) is 14.5. The lowest BCUT2D eigenvalue weighted by molar-refractivity contribution is 0.0270. The van der Waals surface area contributed by atoms with Crippen molar-refractivity contribution in [3.8, 4) is 22.9 Å². The van der Waals surface area contributed by atoms with E-state index in [1.807, 2.05) is 64.1 Å². The Kier molecular flexibility index (Phi) is 10.7. The molecule has 4 heterocycles. The average Bonchev–Trinajstić information content (AvgIpc) is 3.65. The van der Waals surface area contributed by atoms with Crippen LogP contribution in [0.2, 0.25) is 0 Å². The predicted octanol–water partition coefficient (Wildman–Crippen LogP) is 6.91. The van der Waals surface area contributed by atoms with Crippen LogP contribution in [-0.2, 0) is 4.74 Å². The first-order chi connectivity index (χ1) is 20.6. The minimum Gasteiger partial charge on any atom is -0.444 e. The fraction of sp³-hybridized carbons (Fsp3) is 0.364. The fourth-order valence-electron chi connectivity index (χ4n) is 4.79. The van der Waals surface area contributed by atoms with Crippen molar-refractivity contribution in [2.45, 2.75) is 53.1 Å². The molecule has 44 heavy (non-hydrogen) atoms. The standard InChI is InChI=1S/C19H23N3O3.C14H15N3O.ClH/c1-13-20-17(25-21-13)16-7-5-14(6-8-16)15-9-11-22(12-10-15)18(23)24-19(2,3)4;1-10-16-14(18-17-10)13-4-2-11(3-5-13)12-6-8-15-9-7-12;/h5-9H,10-12H2,1-4H3;2-6,15H,7-9H2,1H3;1H. The number of rotatable bonds is 4. The van der Waals surface area contributed by atoms with Gasteiger partial charge in [0.25, 0.3) is 11.8 Å². The Morgan fingerprint density at radius 1 is 0.795 bits per heavy atom. The van der Waals surface area contributed by atoms with E-state index in [9.17, 15) is 4.79 Å². The van der Waals surface area contributed by atoms with Crippen LogP contribution >= 0.6 is 12.4 Å². The molecule has 1 amide bonds. The molecule has 4 aromatic rings. The number of benzene rings is 2. The highest BCUT2D eigenvalue weighted by molar-refractivity contribution is 5.85. The highest BCUT2D eigenvalue weighted by atomic mass is 35.5. The van der Waals surface area contributed by atoms with E-state index in [2.05, 4.69) is 49.9 Å². The van der Waals surface area contributed by atoms with Gasteiger partial charge < -0.3 is 24.0 Å². The lowest BCUT2D eigenvalue weighted by atomic mass is 9.98. The monoisotopic (exact) mass is 618 g/mol. The number of nitrogens with one attached hydrogen (secondary N) is 1. The van der Waals surface area contributed by atoms with Crippen LogP contribution in [0.5, 0.6) is 0 Å². The van der Waals surface area contributed by atoms with Crippen LogP contribution in [0, 0.1) is 13.8 Å². The number of aromatic nitrogens is 4. The Hall–Kier alpha value is -4.28. The molecular formula is C33H39ClN6O4. The SMILES string of the molecule is Cc1noc(-c2ccc(C3=CCN(C(=O)OC(C)(C)C)CC3)cc2)n1.Cc1noc(-c2ccc(C3=CCNCC3)cc2)n1.Cl. The van der Waals surface area contributed by atoms with Gasteiger partial charge in [-0.15, -0.1) is 12.4 Å². The second kappa shape index (κ2) is 14.5. The highest BCUT2D eigenvalue weighted by Crippen LogP contribution is 2.27. The number of hydrogen-bond acceptors (Lipinski definition) is 9. The van der Waals surface area contributed by atoms with E-state index in [0.717, 1.165) is 42.6 Å². The summed E-state index contributed by atoms with van der Waals surface area (Å²) in [6, 6.07) is 16.3. The third kappa shape index (κ3) is 8.64. The molecule has 0 aliphatic carbocycles. The van der Waals surface area contributed by atoms with Gasteiger partial charge >= 0.3 is 6.09 Å². The molecule has 0 radical (unpaired) electrons. The van der Waals surface area contributed by atoms with Crippen molar-refractivity contribution in [1.82, 2.24) is 30.5 Å². The van der Waals surface area contributed by atoms with Crippen LogP contribution < -0.4 is 5.32 Å². The molecule has 0 fully saturated rings. The summed E-state index contributed by atoms with van der Waals surface area (Å²) in [4.78, 5) is 22.3. The maximum atomic E-state index is 12.1. The second-order valence-electron chi connectivity index (χ2n) is 11.5. The van der Waals surface area contributed by atoms with E-state index in [1.165, 1.54) is 16.7 Å². The van der Waals surface area contributed by atoms with Crippen LogP contribution in [0.25, 0.3) is 34.1 Å². The highest BCUT2D eigenvalue weighted by Gasteiger charge is 2.24. The molecule has 1 N–H and O–H groups in total. The number of ether oxygens (including phenoxy) is 1. The van der Waals surface area contributed by atoms with Gasteiger partial charge in [-0.1, -0.05) is 46.7 Å². The Bertz CT molecular complexity index is 1600. The van der Waals surface area contributed by atoms with Gasteiger partial charge in [-0.3, -0.25) is 0 Å². The number of aryl methyl sites for hydroxylation is 2. The summed E-state index contributed by atoms with van der Waals surface area (Å²) < 4.78 is 15.8. The molecule has 0 unspecified atom stereocenters. The van der Waals surface area contributed by atoms with E-state index in [1.54, 1.807) is 11.8 Å². The summed E-state index contributed by atoms with van der Waals surface area (Å²) in [6.07, 6.45) is 5.95. The summed E-state index contributed by atoms with van der Waals surface area (Å²) in [5, 5.41) is 10.9. The first-order valence-electron chi connectivity index (χ1n) is 14.5. The molecule has 10 nitrogen and oxygen atoms in total. The van der Waals surface area contributed by atoms with Crippen molar-refractivity contribution in [1.29, 1.82) is 0 Å². The molecule has 11 heteroatoms. The molecule has 0 spiro atoms. The molecule has 0 atom stereocenters. The largest absolute Gasteiger partial charge is 0.444 e. The molecular weight excluding hydrogens is 580 g/mol. The summed E-state index contributed by atoms with van der Waals surface area (Å²) in [5.41, 5.74) is 6.45. The van der Waals surface area contributed by atoms with Gasteiger partial charge in [0, 0.05) is 30.8 Å². The van der Waals surface area contributed by atoms with E-state index >= 15 is 0 Å². The molecule has 2 aliphatic heterocycles. The van der Waals surface area contributed by atoms with E-state index in [4.69, 9.17) is 13.8 Å². The summed E-state index contributed by atoms with van der Waals surface area (Å²) in [7, 11) is 0. The van der Waals surface area contributed by atoms with Crippen LogP contribution in [-0.4, -0.2) is 63.1 Å². The van der Waals surface area contributed by atoms with Crippen molar-refractivity contribution < 1.29 is 18.6 Å². The van der Waals surface area contributed by atoms with Gasteiger partial charge in [-0.25, -0.2) is 4.79 Å². The van der Waals surface area contributed by atoms with E-state index in [0.29, 0.717) is 36.5 Å². The number of nitrogens with zero attached hydrogens (tertiary/aromatic N) is 5. The normalized spacial score (nSPS) is 14.9. The number of carbonyl (C=O) groups is 1. The quantitative estimate of drug-likeness (QED) is 0.260. The number of amides is 1. The fourth-order valence-corrected chi connectivity index (χ4v) is 4.79. The van der Waals surface area contributed by atoms with Gasteiger partial charge in [0.05, 0.1) is 0 Å². The summed E-state index contributed by atoms with van der Waals surface area (Å²) >= 11 is 0. The number of halogens is 1. The minimum atomic E-state index is -0.468. The maximum Gasteiger partial charge on any atom is 0.410 e. The molecule has 0 saturated carbocycles. The Labute approximate surface area is 264 Å². The molecule has 2 aliphatic rings. The average molecular weight is 619 g/mol. The Morgan fingerprint density at radius 2 is 1.30 bits per heavy atom. The van der Waals surface area contributed by atoms with Gasteiger partial charge in [0.2, 0.25) is 0 Å². The Morgan fingerprint density at radius 3 is 1.68 bits per heavy atom. The second-order valence-corrected chi connectivity index (χ2v) is 11.5. The number of hydrogen-bond donors (Lipinski definition) is 1. The van der Waals surface area contributed by atoms with Crippen LogP contribution in [0.1, 0.15) is 56.4 Å². The van der Waals surface area contributed by atoms with Gasteiger partial charge in [-0.05, 0) is 101 Å². The van der Waals surface area contributed by atoms with Crippen LogP contribution in [0.3, 0.4) is 0 Å². The maximum absolute atomic E-state index is 12.1. The van der Waals surface area contributed by atoms with Crippen molar-refractivity contribution in [3.63, 3.8) is 0 Å². The van der Waals surface area contributed by atoms with Crippen molar-refractivity contribution in [3.05, 3.63) is 83.5 Å². The van der Waals surface area contributed by atoms with Crippen LogP contribution in [0.4, 0.5) is 4.79 Å². The van der Waals surface area contributed by atoms with Gasteiger partial charge in [-0.2, -0.15) is 9.97 Å². The van der Waals surface area contributed by atoms with E-state index in [-0.39, 0.29) is 18.5 Å². The zero-order valence-electron chi connectivity index (χ0n) is 25.8. The van der Waals surface area contributed by atoms with Crippen LogP contribution in [0.15, 0.2) is 69.7 Å². The third-order valence-corrected chi connectivity index (χ3v) is 6.99. The van der Waals surface area contributed by atoms with Crippen molar-refractivity contribution >= 4 is 29.6 Å². The smallest absolute Gasteiger partial charge is 0.410 e.